The highest BCUT2D eigenvalue weighted by atomic mass is 127. The molecule has 1 aromatic rings. The Balaban J connectivity index is 2.57. The van der Waals surface area contributed by atoms with Gasteiger partial charge in [-0.15, -0.1) is 0 Å². The molecule has 0 aliphatic rings. The van der Waals surface area contributed by atoms with Crippen LogP contribution in [-0.4, -0.2) is 11.0 Å². The van der Waals surface area contributed by atoms with Crippen molar-refractivity contribution in [3.8, 4) is 0 Å². The van der Waals surface area contributed by atoms with E-state index >= 15 is 0 Å². The van der Waals surface area contributed by atoms with Crippen LogP contribution < -0.4 is 0 Å². The summed E-state index contributed by atoms with van der Waals surface area (Å²) >= 11 is 8.50. The fourth-order valence-corrected chi connectivity index (χ4v) is 2.39. The number of hydrogen-bond donors (Lipinski definition) is 0. The predicted molar refractivity (Wildman–Crippen MR) is 78.5 cm³/mol. The maximum Gasteiger partial charge on any atom is 0.0928 e. The van der Waals surface area contributed by atoms with Crippen LogP contribution in [0.2, 0.25) is 5.02 Å². The maximum absolute atomic E-state index is 6.16. The summed E-state index contributed by atoms with van der Waals surface area (Å²) in [7, 11) is 0. The van der Waals surface area contributed by atoms with E-state index in [2.05, 4.69) is 36.4 Å². The van der Waals surface area contributed by atoms with Gasteiger partial charge in [0.25, 0.3) is 0 Å². The van der Waals surface area contributed by atoms with Gasteiger partial charge in [-0.25, -0.2) is 0 Å². The van der Waals surface area contributed by atoms with Gasteiger partial charge in [0, 0.05) is 21.6 Å². The Hall–Kier alpha value is 0.200. The Morgan fingerprint density at radius 3 is 2.56 bits per heavy atom. The van der Waals surface area contributed by atoms with E-state index in [-0.39, 0.29) is 6.10 Å². The summed E-state index contributed by atoms with van der Waals surface area (Å²) < 4.78 is 6.81. The zero-order chi connectivity index (χ0) is 12.0. The Kier molecular flexibility index (Phi) is 6.70. The summed E-state index contributed by atoms with van der Waals surface area (Å²) in [5.74, 6) is 0.682. The van der Waals surface area contributed by atoms with Crippen molar-refractivity contribution < 1.29 is 4.74 Å². The molecule has 0 radical (unpaired) electrons. The first-order chi connectivity index (χ1) is 7.65. The molecule has 1 nitrogen and oxygen atoms in total. The largest absolute Gasteiger partial charge is 0.373 e. The molecule has 1 atom stereocenters. The van der Waals surface area contributed by atoms with E-state index in [0.29, 0.717) is 5.92 Å². The van der Waals surface area contributed by atoms with Crippen LogP contribution in [0.4, 0.5) is 0 Å². The summed E-state index contributed by atoms with van der Waals surface area (Å²) in [5.41, 5.74) is 1.10. The van der Waals surface area contributed by atoms with Crippen LogP contribution >= 0.6 is 34.2 Å². The van der Waals surface area contributed by atoms with Crippen molar-refractivity contribution in [2.45, 2.75) is 26.4 Å². The average Bonchev–Trinajstić information content (AvgIpc) is 2.25. The van der Waals surface area contributed by atoms with Crippen molar-refractivity contribution in [3.05, 3.63) is 34.9 Å². The molecule has 0 aliphatic heterocycles. The monoisotopic (exact) mass is 352 g/mol. The van der Waals surface area contributed by atoms with E-state index in [4.69, 9.17) is 16.3 Å². The molecule has 3 heteroatoms. The lowest BCUT2D eigenvalue weighted by molar-refractivity contribution is 0.0634. The summed E-state index contributed by atoms with van der Waals surface area (Å²) in [5, 5.41) is 0.800. The van der Waals surface area contributed by atoms with E-state index in [1.165, 1.54) is 0 Å². The highest BCUT2D eigenvalue weighted by Gasteiger charge is 2.13. The van der Waals surface area contributed by atoms with Gasteiger partial charge in [0.1, 0.15) is 0 Å². The van der Waals surface area contributed by atoms with Crippen LogP contribution in [0.5, 0.6) is 0 Å². The number of hydrogen-bond acceptors (Lipinski definition) is 1. The molecule has 0 heterocycles. The minimum absolute atomic E-state index is 0.119. The highest BCUT2D eigenvalue weighted by molar-refractivity contribution is 14.1. The molecule has 16 heavy (non-hydrogen) atoms. The van der Waals surface area contributed by atoms with Gasteiger partial charge in [-0.1, -0.05) is 66.2 Å². The van der Waals surface area contributed by atoms with E-state index in [9.17, 15) is 0 Å². The molecule has 1 aromatic carbocycles. The van der Waals surface area contributed by atoms with Crippen molar-refractivity contribution in [3.63, 3.8) is 0 Å². The molecular weight excluding hydrogens is 334 g/mol. The van der Waals surface area contributed by atoms with E-state index in [0.717, 1.165) is 28.0 Å². The number of halogens is 2. The minimum Gasteiger partial charge on any atom is -0.373 e. The zero-order valence-electron chi connectivity index (χ0n) is 9.75. The standard InChI is InChI=1S/C13H18ClIO/c1-10(2)7-8-16-13(9-15)11-5-3-4-6-12(11)14/h3-6,10,13H,7-9H2,1-2H3. The van der Waals surface area contributed by atoms with Gasteiger partial charge >= 0.3 is 0 Å². The third-order valence-corrected chi connectivity index (χ3v) is 3.55. The number of alkyl halides is 1. The van der Waals surface area contributed by atoms with Crippen molar-refractivity contribution in [1.82, 2.24) is 0 Å². The van der Waals surface area contributed by atoms with E-state index in [1.54, 1.807) is 0 Å². The van der Waals surface area contributed by atoms with Crippen LogP contribution in [-0.2, 0) is 4.74 Å². The van der Waals surface area contributed by atoms with Gasteiger partial charge in [0.05, 0.1) is 6.10 Å². The van der Waals surface area contributed by atoms with Crippen molar-refractivity contribution in [1.29, 1.82) is 0 Å². The zero-order valence-corrected chi connectivity index (χ0v) is 12.7. The fraction of sp³-hybridized carbons (Fsp3) is 0.538. The molecule has 0 aromatic heterocycles. The molecule has 90 valence electrons. The van der Waals surface area contributed by atoms with Crippen molar-refractivity contribution in [2.75, 3.05) is 11.0 Å². The van der Waals surface area contributed by atoms with Gasteiger partial charge < -0.3 is 4.74 Å². The van der Waals surface area contributed by atoms with Crippen LogP contribution in [0.3, 0.4) is 0 Å². The first-order valence-electron chi connectivity index (χ1n) is 5.57. The molecule has 1 unspecified atom stereocenters. The average molecular weight is 353 g/mol. The third-order valence-electron chi connectivity index (χ3n) is 2.41. The van der Waals surface area contributed by atoms with Crippen LogP contribution in [0, 0.1) is 5.92 Å². The summed E-state index contributed by atoms with van der Waals surface area (Å²) in [4.78, 5) is 0. The summed E-state index contributed by atoms with van der Waals surface area (Å²) in [6.45, 7) is 5.21. The molecule has 0 spiro atoms. The minimum atomic E-state index is 0.119. The molecule has 0 amide bonds. The Morgan fingerprint density at radius 2 is 2.00 bits per heavy atom. The highest BCUT2D eigenvalue weighted by Crippen LogP contribution is 2.27. The smallest absolute Gasteiger partial charge is 0.0928 e. The van der Waals surface area contributed by atoms with E-state index in [1.807, 2.05) is 24.3 Å². The Bertz CT molecular complexity index is 315. The number of rotatable bonds is 6. The molecule has 0 fully saturated rings. The normalized spacial score (nSPS) is 13.1. The van der Waals surface area contributed by atoms with Crippen LogP contribution in [0.25, 0.3) is 0 Å². The molecular formula is C13H18ClIO. The number of ether oxygens (including phenoxy) is 1. The van der Waals surface area contributed by atoms with Gasteiger partial charge in [0.15, 0.2) is 0 Å². The molecule has 0 saturated heterocycles. The molecule has 1 rings (SSSR count). The summed E-state index contributed by atoms with van der Waals surface area (Å²) in [6.07, 6.45) is 1.21. The third kappa shape index (κ3) is 4.60. The van der Waals surface area contributed by atoms with Crippen molar-refractivity contribution in [2.24, 2.45) is 5.92 Å². The van der Waals surface area contributed by atoms with Crippen LogP contribution in [0.1, 0.15) is 31.9 Å². The second-order valence-corrected chi connectivity index (χ2v) is 5.51. The Morgan fingerprint density at radius 1 is 1.31 bits per heavy atom. The van der Waals surface area contributed by atoms with E-state index < -0.39 is 0 Å². The topological polar surface area (TPSA) is 9.23 Å². The fourth-order valence-electron chi connectivity index (χ4n) is 1.40. The first kappa shape index (κ1) is 14.3. The summed E-state index contributed by atoms with van der Waals surface area (Å²) in [6, 6.07) is 7.92. The first-order valence-corrected chi connectivity index (χ1v) is 7.47. The van der Waals surface area contributed by atoms with Gasteiger partial charge in [-0.3, -0.25) is 0 Å². The quantitative estimate of drug-likeness (QED) is 0.524. The molecule has 0 saturated carbocycles. The maximum atomic E-state index is 6.16. The second-order valence-electron chi connectivity index (χ2n) is 4.22. The van der Waals surface area contributed by atoms with Gasteiger partial charge in [-0.05, 0) is 18.4 Å². The molecule has 0 aliphatic carbocycles. The Labute approximate surface area is 117 Å². The lowest BCUT2D eigenvalue weighted by Crippen LogP contribution is -2.09. The predicted octanol–water partition coefficient (Wildman–Crippen LogP) is 4.88. The van der Waals surface area contributed by atoms with Crippen molar-refractivity contribution >= 4 is 34.2 Å². The SMILES string of the molecule is CC(C)CCOC(CI)c1ccccc1Cl. The molecule has 0 bridgehead atoms. The lowest BCUT2D eigenvalue weighted by Gasteiger charge is -2.17. The molecule has 0 N–H and O–H groups in total. The lowest BCUT2D eigenvalue weighted by atomic mass is 10.1. The second kappa shape index (κ2) is 7.51. The van der Waals surface area contributed by atoms with Gasteiger partial charge in [0.2, 0.25) is 0 Å². The van der Waals surface area contributed by atoms with Gasteiger partial charge in [-0.2, -0.15) is 0 Å². The number of benzene rings is 1. The van der Waals surface area contributed by atoms with Crippen LogP contribution in [0.15, 0.2) is 24.3 Å².